The average Bonchev–Trinajstić information content (AvgIpc) is 2.55. The Balaban J connectivity index is 2.14. The van der Waals surface area contributed by atoms with Crippen molar-refractivity contribution in [2.45, 2.75) is 37.9 Å². The van der Waals surface area contributed by atoms with Gasteiger partial charge < -0.3 is 9.84 Å². The summed E-state index contributed by atoms with van der Waals surface area (Å²) in [5.74, 6) is 0.322. The highest BCUT2D eigenvalue weighted by Crippen LogP contribution is 2.52. The van der Waals surface area contributed by atoms with E-state index < -0.39 is 5.60 Å². The highest BCUT2D eigenvalue weighted by molar-refractivity contribution is 5.94. The summed E-state index contributed by atoms with van der Waals surface area (Å²) in [5, 5.41) is 10.5. The summed E-state index contributed by atoms with van der Waals surface area (Å²) in [6.45, 7) is 2.09. The molecule has 2 fully saturated rings. The molecule has 0 aromatic rings. The predicted octanol–water partition coefficient (Wildman–Crippen LogP) is 1.02. The largest absolute Gasteiger partial charge is 0.455 e. The zero-order chi connectivity index (χ0) is 9.92. The van der Waals surface area contributed by atoms with Crippen LogP contribution in [0.25, 0.3) is 0 Å². The van der Waals surface area contributed by atoms with Crippen LogP contribution in [0.4, 0.5) is 0 Å². The molecule has 14 heavy (non-hydrogen) atoms. The van der Waals surface area contributed by atoms with Crippen molar-refractivity contribution < 1.29 is 14.6 Å². The maximum Gasteiger partial charge on any atom is 0.337 e. The number of rotatable bonds is 0. The average molecular weight is 194 g/mol. The first kappa shape index (κ1) is 8.48. The third kappa shape index (κ3) is 0.793. The molecule has 0 radical (unpaired) electrons. The molecular weight excluding hydrogens is 180 g/mol. The molecule has 2 aliphatic carbocycles. The highest BCUT2D eigenvalue weighted by atomic mass is 16.6. The van der Waals surface area contributed by atoms with E-state index in [0.29, 0.717) is 11.5 Å². The molecular formula is C11H14O3. The number of hydrogen-bond acceptors (Lipinski definition) is 3. The number of hydrogen-bond donors (Lipinski definition) is 1. The van der Waals surface area contributed by atoms with Gasteiger partial charge >= 0.3 is 5.97 Å². The molecule has 3 heteroatoms. The number of aliphatic hydroxyl groups is 1. The molecule has 0 spiro atoms. The van der Waals surface area contributed by atoms with E-state index >= 15 is 0 Å². The molecule has 1 saturated carbocycles. The first-order valence-corrected chi connectivity index (χ1v) is 5.28. The normalized spacial score (nSPS) is 50.0. The van der Waals surface area contributed by atoms with E-state index in [9.17, 15) is 9.90 Å². The maximum atomic E-state index is 11.5. The fourth-order valence-electron chi connectivity index (χ4n) is 3.25. The van der Waals surface area contributed by atoms with E-state index in [0.717, 1.165) is 19.3 Å². The second-order valence-electron chi connectivity index (χ2n) is 4.79. The summed E-state index contributed by atoms with van der Waals surface area (Å²) in [7, 11) is 0. The summed E-state index contributed by atoms with van der Waals surface area (Å²) in [4.78, 5) is 11.5. The van der Waals surface area contributed by atoms with Crippen LogP contribution in [-0.4, -0.2) is 22.8 Å². The van der Waals surface area contributed by atoms with Gasteiger partial charge in [-0.25, -0.2) is 4.79 Å². The van der Waals surface area contributed by atoms with Crippen LogP contribution in [0.1, 0.15) is 26.2 Å². The van der Waals surface area contributed by atoms with Gasteiger partial charge in [-0.3, -0.25) is 0 Å². The second kappa shape index (κ2) is 2.40. The first-order chi connectivity index (χ1) is 6.62. The van der Waals surface area contributed by atoms with E-state index in [2.05, 4.69) is 6.92 Å². The van der Waals surface area contributed by atoms with E-state index in [1.54, 1.807) is 0 Å². The lowest BCUT2D eigenvalue weighted by atomic mass is 9.73. The van der Waals surface area contributed by atoms with Gasteiger partial charge in [0.25, 0.3) is 0 Å². The highest BCUT2D eigenvalue weighted by Gasteiger charge is 2.61. The fraction of sp³-hybridized carbons (Fsp3) is 0.727. The molecule has 0 aromatic carbocycles. The summed E-state index contributed by atoms with van der Waals surface area (Å²) < 4.78 is 5.19. The van der Waals surface area contributed by atoms with Crippen LogP contribution in [0.15, 0.2) is 11.6 Å². The standard InChI is InChI=1S/C11H14O3/c1-6-4-7-2-3-9-11(7,13)8(5-6)10(12)14-9/h5-7,9,13H,2-4H2,1H3/t6-,7-,9-,11+/m1/s1. The Morgan fingerprint density at radius 1 is 1.57 bits per heavy atom. The van der Waals surface area contributed by atoms with Gasteiger partial charge in [-0.1, -0.05) is 13.0 Å². The molecule has 0 bridgehead atoms. The molecule has 1 saturated heterocycles. The molecule has 3 nitrogen and oxygen atoms in total. The van der Waals surface area contributed by atoms with Crippen LogP contribution in [-0.2, 0) is 9.53 Å². The van der Waals surface area contributed by atoms with Crippen LogP contribution in [0.3, 0.4) is 0 Å². The number of ether oxygens (including phenoxy) is 1. The molecule has 1 heterocycles. The van der Waals surface area contributed by atoms with Crippen molar-refractivity contribution in [3.8, 4) is 0 Å². The lowest BCUT2D eigenvalue weighted by Gasteiger charge is -2.33. The minimum Gasteiger partial charge on any atom is -0.455 e. The molecule has 3 rings (SSSR count). The number of carbonyl (C=O) groups is 1. The van der Waals surface area contributed by atoms with E-state index in [1.807, 2.05) is 6.08 Å². The van der Waals surface area contributed by atoms with E-state index in [1.165, 1.54) is 0 Å². The van der Waals surface area contributed by atoms with Crippen LogP contribution < -0.4 is 0 Å². The molecule has 1 N–H and O–H groups in total. The van der Waals surface area contributed by atoms with Crippen molar-refractivity contribution in [3.05, 3.63) is 11.6 Å². The summed E-state index contributed by atoms with van der Waals surface area (Å²) in [5.41, 5.74) is -0.410. The zero-order valence-electron chi connectivity index (χ0n) is 8.19. The van der Waals surface area contributed by atoms with Crippen molar-refractivity contribution >= 4 is 5.97 Å². The summed E-state index contributed by atoms with van der Waals surface area (Å²) in [6.07, 6.45) is 4.41. The number of esters is 1. The fourth-order valence-corrected chi connectivity index (χ4v) is 3.25. The monoisotopic (exact) mass is 194 g/mol. The Bertz CT molecular complexity index is 333. The predicted molar refractivity (Wildman–Crippen MR) is 49.4 cm³/mol. The minimum absolute atomic E-state index is 0.231. The topological polar surface area (TPSA) is 46.5 Å². The lowest BCUT2D eigenvalue weighted by molar-refractivity contribution is -0.140. The molecule has 4 atom stereocenters. The zero-order valence-corrected chi connectivity index (χ0v) is 8.19. The molecule has 1 aliphatic heterocycles. The van der Waals surface area contributed by atoms with E-state index in [4.69, 9.17) is 4.74 Å². The first-order valence-electron chi connectivity index (χ1n) is 5.28. The smallest absolute Gasteiger partial charge is 0.337 e. The molecule has 0 aromatic heterocycles. The third-order valence-electron chi connectivity index (χ3n) is 3.90. The SMILES string of the molecule is C[C@H]1C=C2C(=O)O[C@@H]3CC[C@H](C1)[C@]23O. The quantitative estimate of drug-likeness (QED) is 0.586. The van der Waals surface area contributed by atoms with Crippen molar-refractivity contribution in [2.75, 3.05) is 0 Å². The lowest BCUT2D eigenvalue weighted by Crippen LogP contribution is -2.43. The third-order valence-corrected chi connectivity index (χ3v) is 3.90. The van der Waals surface area contributed by atoms with Gasteiger partial charge in [0.05, 0.1) is 5.57 Å². The summed E-state index contributed by atoms with van der Waals surface area (Å²) in [6, 6.07) is 0. The second-order valence-corrected chi connectivity index (χ2v) is 4.79. The van der Waals surface area contributed by atoms with Gasteiger partial charge in [-0.15, -0.1) is 0 Å². The number of allylic oxidation sites excluding steroid dienone is 1. The van der Waals surface area contributed by atoms with Gasteiger partial charge in [0, 0.05) is 0 Å². The van der Waals surface area contributed by atoms with Gasteiger partial charge in [0.15, 0.2) is 0 Å². The van der Waals surface area contributed by atoms with Crippen LogP contribution in [0, 0.1) is 11.8 Å². The Morgan fingerprint density at radius 2 is 2.36 bits per heavy atom. The minimum atomic E-state index is -0.941. The summed E-state index contributed by atoms with van der Waals surface area (Å²) >= 11 is 0. The van der Waals surface area contributed by atoms with Crippen molar-refractivity contribution in [1.82, 2.24) is 0 Å². The molecule has 3 aliphatic rings. The van der Waals surface area contributed by atoms with Gasteiger partial charge in [-0.05, 0) is 31.1 Å². The van der Waals surface area contributed by atoms with Crippen LogP contribution in [0.5, 0.6) is 0 Å². The van der Waals surface area contributed by atoms with Crippen LogP contribution in [0.2, 0.25) is 0 Å². The van der Waals surface area contributed by atoms with Crippen molar-refractivity contribution in [1.29, 1.82) is 0 Å². The Morgan fingerprint density at radius 3 is 3.14 bits per heavy atom. The Labute approximate surface area is 82.8 Å². The maximum absolute atomic E-state index is 11.5. The van der Waals surface area contributed by atoms with Gasteiger partial charge in [-0.2, -0.15) is 0 Å². The van der Waals surface area contributed by atoms with Gasteiger partial charge in [0.1, 0.15) is 11.7 Å². The number of carbonyl (C=O) groups excluding carboxylic acids is 1. The van der Waals surface area contributed by atoms with Crippen molar-refractivity contribution in [3.63, 3.8) is 0 Å². The van der Waals surface area contributed by atoms with Crippen LogP contribution >= 0.6 is 0 Å². The molecule has 0 unspecified atom stereocenters. The van der Waals surface area contributed by atoms with Gasteiger partial charge in [0.2, 0.25) is 0 Å². The molecule has 0 amide bonds. The van der Waals surface area contributed by atoms with Crippen molar-refractivity contribution in [2.24, 2.45) is 11.8 Å². The van der Waals surface area contributed by atoms with E-state index in [-0.39, 0.29) is 18.0 Å². The molecule has 76 valence electrons. The Hall–Kier alpha value is -0.830. The Kier molecular flexibility index (Phi) is 1.45.